The lowest BCUT2D eigenvalue weighted by Gasteiger charge is -2.36. The van der Waals surface area contributed by atoms with Crippen molar-refractivity contribution in [3.63, 3.8) is 0 Å². The van der Waals surface area contributed by atoms with Crippen LogP contribution >= 0.6 is 0 Å². The van der Waals surface area contributed by atoms with E-state index >= 15 is 0 Å². The normalized spacial score (nSPS) is 19.7. The van der Waals surface area contributed by atoms with Crippen molar-refractivity contribution in [2.75, 3.05) is 20.8 Å². The molecular weight excluding hydrogens is 597 g/mol. The third-order valence-corrected chi connectivity index (χ3v) is 9.00. The van der Waals surface area contributed by atoms with E-state index in [1.165, 1.54) is 7.11 Å². The molecule has 7 nitrogen and oxygen atoms in total. The molecule has 10 heteroatoms. The molecule has 1 aliphatic carbocycles. The van der Waals surface area contributed by atoms with Gasteiger partial charge < -0.3 is 14.2 Å². The number of aryl methyl sites for hydroxylation is 2. The number of rotatable bonds is 7. The largest absolute Gasteiger partial charge is 0.496 e. The zero-order valence-electron chi connectivity index (χ0n) is 27.2. The number of alkyl halides is 3. The van der Waals surface area contributed by atoms with Crippen molar-refractivity contribution in [1.29, 1.82) is 0 Å². The summed E-state index contributed by atoms with van der Waals surface area (Å²) in [4.78, 5) is 31.4. The van der Waals surface area contributed by atoms with E-state index in [0.29, 0.717) is 29.0 Å². The molecule has 0 saturated carbocycles. The fraction of sp³-hybridized carbons (Fsp3) is 0.417. The first-order chi connectivity index (χ1) is 21.6. The quantitative estimate of drug-likeness (QED) is 0.242. The number of nitrogens with zero attached hydrogens (tertiary/aromatic N) is 2. The van der Waals surface area contributed by atoms with Crippen molar-refractivity contribution in [2.45, 2.75) is 72.2 Å². The van der Waals surface area contributed by atoms with Crippen LogP contribution in [0.1, 0.15) is 84.6 Å². The van der Waals surface area contributed by atoms with E-state index in [1.807, 2.05) is 38.1 Å². The fourth-order valence-electron chi connectivity index (χ4n) is 6.59. The number of aromatic nitrogens is 1. The number of halogens is 3. The number of hydrogen-bond donors (Lipinski definition) is 0. The molecule has 0 bridgehead atoms. The molecular formula is C36H39F3N2O5. The van der Waals surface area contributed by atoms with Crippen LogP contribution in [0.15, 0.2) is 54.1 Å². The Morgan fingerprint density at radius 1 is 1.07 bits per heavy atom. The molecule has 1 aromatic heterocycles. The maximum Gasteiger partial charge on any atom is 0.416 e. The van der Waals surface area contributed by atoms with E-state index in [4.69, 9.17) is 14.2 Å². The summed E-state index contributed by atoms with van der Waals surface area (Å²) < 4.78 is 57.2. The molecule has 5 rings (SSSR count). The van der Waals surface area contributed by atoms with Crippen LogP contribution in [0.5, 0.6) is 5.75 Å². The number of amides is 1. The first kappa shape index (κ1) is 33.0. The van der Waals surface area contributed by atoms with E-state index in [2.05, 4.69) is 18.8 Å². The van der Waals surface area contributed by atoms with Crippen LogP contribution < -0.4 is 4.74 Å². The van der Waals surface area contributed by atoms with Crippen molar-refractivity contribution < 1.29 is 37.0 Å². The van der Waals surface area contributed by atoms with Gasteiger partial charge in [-0.05, 0) is 98.1 Å². The number of methoxy groups -OCH3 is 2. The van der Waals surface area contributed by atoms with E-state index in [-0.39, 0.29) is 17.7 Å². The van der Waals surface area contributed by atoms with Crippen LogP contribution in [0.2, 0.25) is 0 Å². The summed E-state index contributed by atoms with van der Waals surface area (Å²) >= 11 is 0. The van der Waals surface area contributed by atoms with Crippen molar-refractivity contribution in [3.05, 3.63) is 87.7 Å². The molecule has 2 atom stereocenters. The number of allylic oxidation sites excluding steroid dienone is 1. The Morgan fingerprint density at radius 2 is 1.80 bits per heavy atom. The predicted molar refractivity (Wildman–Crippen MR) is 168 cm³/mol. The van der Waals surface area contributed by atoms with Gasteiger partial charge in [0.05, 0.1) is 25.8 Å². The van der Waals surface area contributed by atoms with Gasteiger partial charge in [-0.3, -0.25) is 4.90 Å². The molecule has 1 aliphatic heterocycles. The van der Waals surface area contributed by atoms with Gasteiger partial charge in [0, 0.05) is 23.4 Å². The standard InChI is InChI=1S/C36H39F3N2O5/c1-20-14-24(16-26(15-20)36(37,38)39)32-22(3)41(34(43)46-32)19-25-18-35(4,5)13-12-28(25)29-17-23(8-11-31(29)44-6)27-9-10-30(33(42)45-7)40-21(27)2/h8-11,14-17,22,32H,12-13,18-19H2,1-7H3/t22-,32-/m0/s1. The smallest absolute Gasteiger partial charge is 0.416 e. The SMILES string of the molecule is COC(=O)c1ccc(-c2ccc(OC)c(C3=C(CN4C(=O)O[C@H](c5cc(C)cc(C(F)(F)F)c5)[C@@H]4C)CC(C)(C)CC3)c2)c(C)n1. The molecule has 2 aliphatic rings. The van der Waals surface area contributed by atoms with E-state index in [0.717, 1.165) is 52.8 Å². The average molecular weight is 637 g/mol. The number of pyridine rings is 1. The zero-order chi connectivity index (χ0) is 33.6. The molecule has 0 unspecified atom stereocenters. The second kappa shape index (κ2) is 12.5. The monoisotopic (exact) mass is 636 g/mol. The van der Waals surface area contributed by atoms with Gasteiger partial charge in [0.1, 0.15) is 17.5 Å². The van der Waals surface area contributed by atoms with Crippen LogP contribution in [0.4, 0.5) is 18.0 Å². The highest BCUT2D eigenvalue weighted by atomic mass is 19.4. The highest BCUT2D eigenvalue weighted by molar-refractivity contribution is 5.88. The summed E-state index contributed by atoms with van der Waals surface area (Å²) in [5.74, 6) is 0.173. The lowest BCUT2D eigenvalue weighted by Crippen LogP contribution is -2.35. The van der Waals surface area contributed by atoms with Crippen molar-refractivity contribution in [3.8, 4) is 16.9 Å². The van der Waals surface area contributed by atoms with Gasteiger partial charge in [0.25, 0.3) is 0 Å². The molecule has 3 aromatic rings. The maximum atomic E-state index is 13.6. The Balaban J connectivity index is 1.53. The second-order valence-electron chi connectivity index (χ2n) is 13.0. The van der Waals surface area contributed by atoms with E-state index in [9.17, 15) is 22.8 Å². The molecule has 0 N–H and O–H groups in total. The minimum absolute atomic E-state index is 0.0294. The zero-order valence-corrected chi connectivity index (χ0v) is 27.2. The van der Waals surface area contributed by atoms with Crippen molar-refractivity contribution >= 4 is 17.6 Å². The Kier molecular flexibility index (Phi) is 8.94. The van der Waals surface area contributed by atoms with Gasteiger partial charge in [0.15, 0.2) is 0 Å². The van der Waals surface area contributed by atoms with Gasteiger partial charge in [-0.2, -0.15) is 13.2 Å². The van der Waals surface area contributed by atoms with E-state index in [1.54, 1.807) is 31.1 Å². The van der Waals surface area contributed by atoms with E-state index < -0.39 is 35.9 Å². The fourth-order valence-corrected chi connectivity index (χ4v) is 6.59. The Labute approximate surface area is 267 Å². The topological polar surface area (TPSA) is 78.0 Å². The summed E-state index contributed by atoms with van der Waals surface area (Å²) in [6.45, 7) is 9.90. The third-order valence-electron chi connectivity index (χ3n) is 9.00. The van der Waals surface area contributed by atoms with Crippen LogP contribution in [0, 0.1) is 19.3 Å². The average Bonchev–Trinajstić information content (AvgIpc) is 3.27. The number of esters is 1. The number of ether oxygens (including phenoxy) is 3. The number of carbonyl (C=O) groups excluding carboxylic acids is 2. The molecule has 0 radical (unpaired) electrons. The molecule has 244 valence electrons. The number of hydrogen-bond acceptors (Lipinski definition) is 6. The lowest BCUT2D eigenvalue weighted by molar-refractivity contribution is -0.137. The highest BCUT2D eigenvalue weighted by Crippen LogP contribution is 2.47. The van der Waals surface area contributed by atoms with Gasteiger partial charge in [-0.25, -0.2) is 14.6 Å². The Hall–Kier alpha value is -4.34. The van der Waals surface area contributed by atoms with Gasteiger partial charge in [0.2, 0.25) is 0 Å². The Morgan fingerprint density at radius 3 is 2.46 bits per heavy atom. The highest BCUT2D eigenvalue weighted by Gasteiger charge is 2.42. The minimum Gasteiger partial charge on any atom is -0.496 e. The Bertz CT molecular complexity index is 1710. The molecule has 2 aromatic carbocycles. The summed E-state index contributed by atoms with van der Waals surface area (Å²) in [6, 6.07) is 12.7. The second-order valence-corrected chi connectivity index (χ2v) is 13.0. The first-order valence-electron chi connectivity index (χ1n) is 15.2. The molecule has 2 heterocycles. The van der Waals surface area contributed by atoms with Gasteiger partial charge in [-0.1, -0.05) is 37.6 Å². The molecule has 0 spiro atoms. The van der Waals surface area contributed by atoms with Crippen LogP contribution in [-0.4, -0.2) is 48.8 Å². The summed E-state index contributed by atoms with van der Waals surface area (Å²) in [7, 11) is 2.93. The summed E-state index contributed by atoms with van der Waals surface area (Å²) in [6.07, 6.45) is -3.53. The molecule has 1 fully saturated rings. The first-order valence-corrected chi connectivity index (χ1v) is 15.2. The van der Waals surface area contributed by atoms with Gasteiger partial charge >= 0.3 is 18.2 Å². The summed E-state index contributed by atoms with van der Waals surface area (Å²) in [5.41, 5.74) is 5.62. The molecule has 1 saturated heterocycles. The molecule has 1 amide bonds. The number of benzene rings is 2. The van der Waals surface area contributed by atoms with Crippen molar-refractivity contribution in [2.24, 2.45) is 5.41 Å². The summed E-state index contributed by atoms with van der Waals surface area (Å²) in [5, 5.41) is 0. The maximum absolute atomic E-state index is 13.6. The third kappa shape index (κ3) is 6.62. The predicted octanol–water partition coefficient (Wildman–Crippen LogP) is 8.73. The van der Waals surface area contributed by atoms with Crippen LogP contribution in [0.25, 0.3) is 16.7 Å². The molecule has 46 heavy (non-hydrogen) atoms. The van der Waals surface area contributed by atoms with Gasteiger partial charge in [-0.15, -0.1) is 0 Å². The minimum atomic E-state index is -4.51. The van der Waals surface area contributed by atoms with Crippen LogP contribution in [0.3, 0.4) is 0 Å². The number of carbonyl (C=O) groups is 2. The van der Waals surface area contributed by atoms with Crippen molar-refractivity contribution in [1.82, 2.24) is 9.88 Å². The van der Waals surface area contributed by atoms with Crippen LogP contribution in [-0.2, 0) is 15.7 Å². The lowest BCUT2D eigenvalue weighted by atomic mass is 9.72. The number of cyclic esters (lactones) is 1.